The van der Waals surface area contributed by atoms with Crippen LogP contribution in [0, 0.1) is 18.6 Å². The van der Waals surface area contributed by atoms with Crippen molar-refractivity contribution >= 4 is 46.1 Å². The minimum Gasteiger partial charge on any atom is -0.402 e. The number of carbonyl (C=O) groups is 1. The molecule has 4 aromatic rings. The van der Waals surface area contributed by atoms with Gasteiger partial charge >= 0.3 is 0 Å². The minimum absolute atomic E-state index is 0.148. The van der Waals surface area contributed by atoms with E-state index in [2.05, 4.69) is 36.0 Å². The summed E-state index contributed by atoms with van der Waals surface area (Å²) in [7, 11) is 0. The Morgan fingerprint density at radius 1 is 1.10 bits per heavy atom. The normalized spacial score (nSPS) is 13.2. The van der Waals surface area contributed by atoms with Crippen molar-refractivity contribution in [1.29, 1.82) is 0 Å². The number of benzene rings is 3. The zero-order valence-electron chi connectivity index (χ0n) is 22.8. The third-order valence-electron chi connectivity index (χ3n) is 7.03. The van der Waals surface area contributed by atoms with Crippen LogP contribution in [0.25, 0.3) is 10.9 Å². The maximum atomic E-state index is 14.1. The molecule has 0 saturated carbocycles. The highest BCUT2D eigenvalue weighted by molar-refractivity contribution is 6.36. The van der Waals surface area contributed by atoms with E-state index in [0.717, 1.165) is 23.4 Å². The van der Waals surface area contributed by atoms with E-state index in [4.69, 9.17) is 28.9 Å². The zero-order valence-corrected chi connectivity index (χ0v) is 24.4. The first-order chi connectivity index (χ1) is 19.0. The molecular weight excluding hydrogens is 551 g/mol. The predicted octanol–water partition coefficient (Wildman–Crippen LogP) is 8.50. The standard InChI is InChI=1S/C32H31Cl2F2N3O/c1-5-21-13-28-23(9-17(21)2)14-29(39-28)32(40)24(19(4)37)16-38-15-18(3)30-25(33)11-20(12-26(30)34)10-22-7-6-8-27(35)31(22)36/h6-9,11-14,16,18,39H,5,10,15,37H2,1-4H3/b24-19-,38-16-. The predicted molar refractivity (Wildman–Crippen MR) is 161 cm³/mol. The number of H-pyrrole nitrogens is 1. The van der Waals surface area contributed by atoms with Crippen molar-refractivity contribution in [3.05, 3.63) is 115 Å². The van der Waals surface area contributed by atoms with Gasteiger partial charge in [-0.1, -0.05) is 49.2 Å². The molecule has 1 aromatic heterocycles. The van der Waals surface area contributed by atoms with Gasteiger partial charge in [0.05, 0.1) is 11.3 Å². The summed E-state index contributed by atoms with van der Waals surface area (Å²) < 4.78 is 27.7. The molecule has 1 heterocycles. The second-order valence-electron chi connectivity index (χ2n) is 10.1. The van der Waals surface area contributed by atoms with Gasteiger partial charge in [0.15, 0.2) is 11.6 Å². The Hall–Kier alpha value is -3.48. The number of nitrogens with zero attached hydrogens (tertiary/aromatic N) is 1. The number of Topliss-reactive ketones (excluding diaryl/α,β-unsaturated/α-hetero) is 1. The molecule has 0 radical (unpaired) electrons. The lowest BCUT2D eigenvalue weighted by Crippen LogP contribution is -2.12. The summed E-state index contributed by atoms with van der Waals surface area (Å²) in [5.41, 5.74) is 12.0. The third-order valence-corrected chi connectivity index (χ3v) is 7.66. The summed E-state index contributed by atoms with van der Waals surface area (Å²) >= 11 is 13.1. The van der Waals surface area contributed by atoms with E-state index in [1.54, 1.807) is 19.1 Å². The van der Waals surface area contributed by atoms with E-state index >= 15 is 0 Å². The lowest BCUT2D eigenvalue weighted by Gasteiger charge is -2.15. The minimum atomic E-state index is -0.900. The number of aromatic nitrogens is 1. The second-order valence-corrected chi connectivity index (χ2v) is 10.9. The molecule has 0 saturated heterocycles. The number of aliphatic imine (C=N–C) groups is 1. The summed E-state index contributed by atoms with van der Waals surface area (Å²) in [6.45, 7) is 8.04. The molecule has 0 aliphatic carbocycles. The maximum absolute atomic E-state index is 14.1. The number of allylic oxidation sites excluding steroid dienone is 2. The molecular formula is C32H31Cl2F2N3O. The smallest absolute Gasteiger partial charge is 0.212 e. The van der Waals surface area contributed by atoms with Crippen LogP contribution >= 0.6 is 23.2 Å². The molecule has 4 rings (SSSR count). The van der Waals surface area contributed by atoms with E-state index in [1.165, 1.54) is 29.5 Å². The van der Waals surface area contributed by atoms with E-state index in [-0.39, 0.29) is 23.7 Å². The fourth-order valence-corrected chi connectivity index (χ4v) is 5.74. The van der Waals surface area contributed by atoms with Crippen LogP contribution in [0.15, 0.2) is 64.8 Å². The molecule has 0 bridgehead atoms. The van der Waals surface area contributed by atoms with E-state index in [9.17, 15) is 13.6 Å². The van der Waals surface area contributed by atoms with Crippen molar-refractivity contribution in [1.82, 2.24) is 4.98 Å². The van der Waals surface area contributed by atoms with Crippen molar-refractivity contribution < 1.29 is 13.6 Å². The van der Waals surface area contributed by atoms with Gasteiger partial charge in [-0.2, -0.15) is 0 Å². The number of carbonyl (C=O) groups excluding carboxylic acids is 1. The highest BCUT2D eigenvalue weighted by Crippen LogP contribution is 2.34. The van der Waals surface area contributed by atoms with Crippen LogP contribution in [0.1, 0.15) is 65.0 Å². The lowest BCUT2D eigenvalue weighted by molar-refractivity contribution is 0.103. The van der Waals surface area contributed by atoms with Crippen molar-refractivity contribution in [3.63, 3.8) is 0 Å². The highest BCUT2D eigenvalue weighted by Gasteiger charge is 2.19. The number of hydrogen-bond acceptors (Lipinski definition) is 3. The third kappa shape index (κ3) is 6.29. The Balaban J connectivity index is 1.50. The number of hydrogen-bond donors (Lipinski definition) is 2. The van der Waals surface area contributed by atoms with Gasteiger partial charge in [-0.25, -0.2) is 8.78 Å². The monoisotopic (exact) mass is 581 g/mol. The van der Waals surface area contributed by atoms with Gasteiger partial charge in [0.2, 0.25) is 5.78 Å². The summed E-state index contributed by atoms with van der Waals surface area (Å²) in [4.78, 5) is 21.0. The van der Waals surface area contributed by atoms with Crippen molar-refractivity contribution in [2.75, 3.05) is 6.54 Å². The molecule has 0 fully saturated rings. The van der Waals surface area contributed by atoms with Crippen LogP contribution in [0.5, 0.6) is 0 Å². The van der Waals surface area contributed by atoms with Crippen molar-refractivity contribution in [2.45, 2.75) is 46.5 Å². The van der Waals surface area contributed by atoms with Crippen LogP contribution in [0.4, 0.5) is 8.78 Å². The van der Waals surface area contributed by atoms with Gasteiger partial charge in [0.1, 0.15) is 0 Å². The lowest BCUT2D eigenvalue weighted by atomic mass is 9.97. The maximum Gasteiger partial charge on any atom is 0.212 e. The molecule has 0 amide bonds. The van der Waals surface area contributed by atoms with E-state index < -0.39 is 11.6 Å². The van der Waals surface area contributed by atoms with Gasteiger partial charge in [0, 0.05) is 51.7 Å². The number of halogens is 4. The number of fused-ring (bicyclic) bond motifs is 1. The van der Waals surface area contributed by atoms with Gasteiger partial charge in [-0.3, -0.25) is 9.79 Å². The molecule has 3 N–H and O–H groups in total. The molecule has 0 aliphatic heterocycles. The van der Waals surface area contributed by atoms with Crippen molar-refractivity contribution in [2.24, 2.45) is 10.7 Å². The SMILES string of the molecule is CCc1cc2[nH]c(C(=O)C(/C=N\CC(C)c3c(Cl)cc(Cc4cccc(F)c4F)cc3Cl)=C(/C)N)cc2cc1C. The van der Waals surface area contributed by atoms with Crippen LogP contribution < -0.4 is 5.73 Å². The van der Waals surface area contributed by atoms with Gasteiger partial charge in [0.25, 0.3) is 0 Å². The molecule has 4 nitrogen and oxygen atoms in total. The zero-order chi connectivity index (χ0) is 29.1. The van der Waals surface area contributed by atoms with Crippen molar-refractivity contribution in [3.8, 4) is 0 Å². The summed E-state index contributed by atoms with van der Waals surface area (Å²) in [6.07, 6.45) is 2.55. The summed E-state index contributed by atoms with van der Waals surface area (Å²) in [6, 6.07) is 13.4. The van der Waals surface area contributed by atoms with E-state index in [0.29, 0.717) is 44.7 Å². The Bertz CT molecular complexity index is 1630. The topological polar surface area (TPSA) is 71.2 Å². The quantitative estimate of drug-likeness (QED) is 0.118. The number of ketones is 1. The van der Waals surface area contributed by atoms with Crippen LogP contribution in [0.3, 0.4) is 0 Å². The second kappa shape index (κ2) is 12.4. The Morgan fingerprint density at radius 3 is 2.45 bits per heavy atom. The molecule has 208 valence electrons. The molecule has 40 heavy (non-hydrogen) atoms. The average molecular weight is 583 g/mol. The number of nitrogens with one attached hydrogen (secondary N) is 1. The largest absolute Gasteiger partial charge is 0.402 e. The molecule has 0 aliphatic rings. The number of aryl methyl sites for hydroxylation is 2. The Labute approximate surface area is 242 Å². The molecule has 3 aromatic carbocycles. The molecule has 0 spiro atoms. The Kier molecular flexibility index (Phi) is 9.12. The molecule has 8 heteroatoms. The molecule has 1 unspecified atom stereocenters. The van der Waals surface area contributed by atoms with Crippen LogP contribution in [0.2, 0.25) is 10.0 Å². The van der Waals surface area contributed by atoms with Gasteiger partial charge in [-0.15, -0.1) is 0 Å². The number of nitrogens with two attached hydrogens (primary N) is 1. The fourth-order valence-electron chi connectivity index (χ4n) is 4.84. The van der Waals surface area contributed by atoms with Gasteiger partial charge < -0.3 is 10.7 Å². The first kappa shape index (κ1) is 29.5. The first-order valence-electron chi connectivity index (χ1n) is 13.0. The fraction of sp³-hybridized carbons (Fsp3) is 0.250. The number of rotatable bonds is 9. The first-order valence-corrected chi connectivity index (χ1v) is 13.8. The average Bonchev–Trinajstić information content (AvgIpc) is 3.30. The highest BCUT2D eigenvalue weighted by atomic mass is 35.5. The molecule has 1 atom stereocenters. The summed E-state index contributed by atoms with van der Waals surface area (Å²) in [5.74, 6) is -2.21. The van der Waals surface area contributed by atoms with Crippen LogP contribution in [-0.4, -0.2) is 23.5 Å². The van der Waals surface area contributed by atoms with Gasteiger partial charge in [-0.05, 0) is 84.5 Å². The Morgan fingerprint density at radius 2 is 1.80 bits per heavy atom. The van der Waals surface area contributed by atoms with E-state index in [1.807, 2.05) is 13.0 Å². The van der Waals surface area contributed by atoms with Crippen LogP contribution in [-0.2, 0) is 12.8 Å². The number of aromatic amines is 1. The summed E-state index contributed by atoms with van der Waals surface area (Å²) in [5, 5.41) is 1.78.